The van der Waals surface area contributed by atoms with Crippen molar-refractivity contribution in [3.05, 3.63) is 41.8 Å². The zero-order chi connectivity index (χ0) is 9.26. The first-order valence-electron chi connectivity index (χ1n) is 5.25. The van der Waals surface area contributed by atoms with Crippen LogP contribution in [0.3, 0.4) is 0 Å². The molecule has 0 aliphatic heterocycles. The molecule has 1 saturated carbocycles. The molecule has 0 heteroatoms. The number of hydrogen-bond acceptors (Lipinski definition) is 0. The fourth-order valence-electron chi connectivity index (χ4n) is 1.88. The molecule has 0 aromatic heterocycles. The Hall–Kier alpha value is -0.780. The molecule has 1 fully saturated rings. The van der Waals surface area contributed by atoms with E-state index in [-0.39, 0.29) is 0 Å². The largest absolute Gasteiger partial charge is 0.0651 e. The van der Waals surface area contributed by atoms with Gasteiger partial charge in [-0.1, -0.05) is 31.5 Å². The second kappa shape index (κ2) is 3.53. The molecule has 0 heterocycles. The van der Waals surface area contributed by atoms with Crippen molar-refractivity contribution in [3.63, 3.8) is 0 Å². The standard InChI is InChI=1S/C13H17/c1-3-4-11-7-10(2)8-13(9-11)12-5-6-12/h7-9,12H,2-6H2,1H3. The van der Waals surface area contributed by atoms with E-state index in [2.05, 4.69) is 32.0 Å². The predicted octanol–water partition coefficient (Wildman–Crippen LogP) is 3.70. The molecule has 0 bridgehead atoms. The van der Waals surface area contributed by atoms with Crippen LogP contribution in [0.25, 0.3) is 0 Å². The van der Waals surface area contributed by atoms with E-state index < -0.39 is 0 Å². The molecular weight excluding hydrogens is 156 g/mol. The Kier molecular flexibility index (Phi) is 2.39. The van der Waals surface area contributed by atoms with Gasteiger partial charge in [-0.3, -0.25) is 0 Å². The van der Waals surface area contributed by atoms with E-state index in [1.165, 1.54) is 42.4 Å². The lowest BCUT2D eigenvalue weighted by Crippen LogP contribution is -1.88. The van der Waals surface area contributed by atoms with Gasteiger partial charge in [0, 0.05) is 0 Å². The zero-order valence-corrected chi connectivity index (χ0v) is 8.34. The van der Waals surface area contributed by atoms with Crippen molar-refractivity contribution in [2.75, 3.05) is 0 Å². The Morgan fingerprint density at radius 1 is 1.31 bits per heavy atom. The lowest BCUT2D eigenvalue weighted by molar-refractivity contribution is 0.915. The van der Waals surface area contributed by atoms with Crippen molar-refractivity contribution in [3.8, 4) is 0 Å². The summed E-state index contributed by atoms with van der Waals surface area (Å²) in [6.45, 7) is 6.26. The Balaban J connectivity index is 2.25. The minimum absolute atomic E-state index is 0.859. The number of rotatable bonds is 3. The van der Waals surface area contributed by atoms with Crippen molar-refractivity contribution in [2.24, 2.45) is 0 Å². The summed E-state index contributed by atoms with van der Waals surface area (Å²) in [5.41, 5.74) is 4.18. The van der Waals surface area contributed by atoms with Gasteiger partial charge in [0.15, 0.2) is 0 Å². The summed E-state index contributed by atoms with van der Waals surface area (Å²) in [7, 11) is 0. The molecule has 0 atom stereocenters. The molecule has 1 aliphatic carbocycles. The summed E-state index contributed by atoms with van der Waals surface area (Å²) in [5, 5.41) is 0. The van der Waals surface area contributed by atoms with Gasteiger partial charge in [-0.25, -0.2) is 0 Å². The van der Waals surface area contributed by atoms with Gasteiger partial charge < -0.3 is 0 Å². The van der Waals surface area contributed by atoms with Gasteiger partial charge in [-0.05, 0) is 48.8 Å². The Morgan fingerprint density at radius 3 is 2.69 bits per heavy atom. The molecule has 2 rings (SSSR count). The minimum Gasteiger partial charge on any atom is -0.0651 e. The summed E-state index contributed by atoms with van der Waals surface area (Å²) in [6, 6.07) is 6.84. The summed E-state index contributed by atoms with van der Waals surface area (Å²) in [4.78, 5) is 0. The molecule has 0 amide bonds. The number of aryl methyl sites for hydroxylation is 1. The van der Waals surface area contributed by atoms with Gasteiger partial charge in [0.25, 0.3) is 0 Å². The van der Waals surface area contributed by atoms with Crippen LogP contribution in [0.4, 0.5) is 0 Å². The van der Waals surface area contributed by atoms with Crippen molar-refractivity contribution in [1.82, 2.24) is 0 Å². The highest BCUT2D eigenvalue weighted by Gasteiger charge is 2.23. The van der Waals surface area contributed by atoms with E-state index in [0.29, 0.717) is 0 Å². The van der Waals surface area contributed by atoms with Gasteiger partial charge in [0.05, 0.1) is 0 Å². The van der Waals surface area contributed by atoms with Crippen LogP contribution in [0.15, 0.2) is 18.2 Å². The Bertz CT molecular complexity index is 295. The SMILES string of the molecule is [CH2]c1cc(CCC)cc(C2CC2)c1. The third-order valence-corrected chi connectivity index (χ3v) is 2.66. The van der Waals surface area contributed by atoms with Crippen LogP contribution in [0.5, 0.6) is 0 Å². The monoisotopic (exact) mass is 173 g/mol. The average molecular weight is 173 g/mol. The average Bonchev–Trinajstić information content (AvgIpc) is 2.85. The molecule has 1 aromatic carbocycles. The van der Waals surface area contributed by atoms with Gasteiger partial charge in [0.2, 0.25) is 0 Å². The van der Waals surface area contributed by atoms with Gasteiger partial charge >= 0.3 is 0 Å². The van der Waals surface area contributed by atoms with Crippen LogP contribution in [0, 0.1) is 6.92 Å². The lowest BCUT2D eigenvalue weighted by Gasteiger charge is -2.05. The molecule has 13 heavy (non-hydrogen) atoms. The molecule has 0 unspecified atom stereocenters. The van der Waals surface area contributed by atoms with Crippen molar-refractivity contribution >= 4 is 0 Å². The highest BCUT2D eigenvalue weighted by molar-refractivity contribution is 5.35. The molecule has 69 valence electrons. The van der Waals surface area contributed by atoms with Crippen LogP contribution >= 0.6 is 0 Å². The molecular formula is C13H17. The van der Waals surface area contributed by atoms with Crippen LogP contribution in [-0.4, -0.2) is 0 Å². The zero-order valence-electron chi connectivity index (χ0n) is 8.34. The maximum absolute atomic E-state index is 4.03. The van der Waals surface area contributed by atoms with E-state index in [1.807, 2.05) is 0 Å². The maximum atomic E-state index is 4.03. The summed E-state index contributed by atoms with van der Waals surface area (Å²) < 4.78 is 0. The molecule has 0 saturated heterocycles. The second-order valence-corrected chi connectivity index (χ2v) is 4.11. The highest BCUT2D eigenvalue weighted by Crippen LogP contribution is 2.40. The first kappa shape index (κ1) is 8.80. The quantitative estimate of drug-likeness (QED) is 0.653. The second-order valence-electron chi connectivity index (χ2n) is 4.11. The highest BCUT2D eigenvalue weighted by atomic mass is 14.3. The smallest absolute Gasteiger partial charge is 0.0161 e. The van der Waals surface area contributed by atoms with Crippen molar-refractivity contribution in [1.29, 1.82) is 0 Å². The minimum atomic E-state index is 0.859. The van der Waals surface area contributed by atoms with Crippen LogP contribution in [-0.2, 0) is 6.42 Å². The summed E-state index contributed by atoms with van der Waals surface area (Å²) in [6.07, 6.45) is 5.20. The molecule has 1 aromatic rings. The van der Waals surface area contributed by atoms with E-state index >= 15 is 0 Å². The Morgan fingerprint density at radius 2 is 2.08 bits per heavy atom. The Labute approximate surface area is 81.0 Å². The molecule has 0 nitrogen and oxygen atoms in total. The number of benzene rings is 1. The van der Waals surface area contributed by atoms with Crippen LogP contribution in [0.2, 0.25) is 0 Å². The van der Waals surface area contributed by atoms with Crippen LogP contribution in [0.1, 0.15) is 48.8 Å². The molecule has 1 radical (unpaired) electrons. The van der Waals surface area contributed by atoms with Gasteiger partial charge in [-0.2, -0.15) is 0 Å². The first-order chi connectivity index (χ1) is 6.29. The van der Waals surface area contributed by atoms with E-state index in [9.17, 15) is 0 Å². The molecule has 0 N–H and O–H groups in total. The third-order valence-electron chi connectivity index (χ3n) is 2.66. The van der Waals surface area contributed by atoms with E-state index in [4.69, 9.17) is 0 Å². The van der Waals surface area contributed by atoms with Crippen molar-refractivity contribution in [2.45, 2.75) is 38.5 Å². The fraction of sp³-hybridized carbons (Fsp3) is 0.462. The normalized spacial score (nSPS) is 16.2. The van der Waals surface area contributed by atoms with Gasteiger partial charge in [-0.15, -0.1) is 0 Å². The third kappa shape index (κ3) is 2.12. The van der Waals surface area contributed by atoms with Gasteiger partial charge in [0.1, 0.15) is 0 Å². The summed E-state index contributed by atoms with van der Waals surface area (Å²) >= 11 is 0. The van der Waals surface area contributed by atoms with E-state index in [0.717, 1.165) is 5.92 Å². The molecule has 0 spiro atoms. The maximum Gasteiger partial charge on any atom is -0.0161 e. The number of hydrogen-bond donors (Lipinski definition) is 0. The van der Waals surface area contributed by atoms with E-state index in [1.54, 1.807) is 0 Å². The lowest BCUT2D eigenvalue weighted by atomic mass is 10.0. The van der Waals surface area contributed by atoms with Crippen LogP contribution < -0.4 is 0 Å². The first-order valence-corrected chi connectivity index (χ1v) is 5.25. The predicted molar refractivity (Wildman–Crippen MR) is 56.9 cm³/mol. The molecule has 1 aliphatic rings. The summed E-state index contributed by atoms with van der Waals surface area (Å²) in [5.74, 6) is 0.859. The fourth-order valence-corrected chi connectivity index (χ4v) is 1.88. The topological polar surface area (TPSA) is 0 Å². The van der Waals surface area contributed by atoms with Crippen molar-refractivity contribution < 1.29 is 0 Å².